The van der Waals surface area contributed by atoms with Crippen molar-refractivity contribution in [3.8, 4) is 0 Å². The standard InChI is InChI=1S/C17H21N3OS2/c1-13-3-5-14(6-4-13)15-12-22-10-8-20(15)11-16(21)19(2)17-18-7-9-23-17/h3-7,9,15H,8,10-12H2,1-2H3/t15-/m0/s1. The predicted octanol–water partition coefficient (Wildman–Crippen LogP) is 3.20. The maximum Gasteiger partial charge on any atom is 0.242 e. The molecule has 0 bridgehead atoms. The van der Waals surface area contributed by atoms with Crippen LogP contribution >= 0.6 is 23.1 Å². The molecule has 0 aliphatic carbocycles. The first-order valence-corrected chi connectivity index (χ1v) is 9.73. The first-order chi connectivity index (χ1) is 11.1. The highest BCUT2D eigenvalue weighted by molar-refractivity contribution is 7.99. The summed E-state index contributed by atoms with van der Waals surface area (Å²) < 4.78 is 0. The normalized spacial score (nSPS) is 18.8. The van der Waals surface area contributed by atoms with Gasteiger partial charge in [0.1, 0.15) is 0 Å². The molecule has 1 aromatic carbocycles. The number of aryl methyl sites for hydroxylation is 1. The summed E-state index contributed by atoms with van der Waals surface area (Å²) >= 11 is 3.45. The number of carbonyl (C=O) groups excluding carboxylic acids is 1. The molecule has 6 heteroatoms. The molecule has 1 atom stereocenters. The molecule has 1 aromatic heterocycles. The summed E-state index contributed by atoms with van der Waals surface area (Å²) in [7, 11) is 1.81. The highest BCUT2D eigenvalue weighted by atomic mass is 32.2. The maximum atomic E-state index is 12.6. The minimum absolute atomic E-state index is 0.101. The van der Waals surface area contributed by atoms with E-state index in [1.165, 1.54) is 22.5 Å². The van der Waals surface area contributed by atoms with E-state index in [0.29, 0.717) is 12.6 Å². The summed E-state index contributed by atoms with van der Waals surface area (Å²) in [4.78, 5) is 20.8. The van der Waals surface area contributed by atoms with Gasteiger partial charge in [-0.25, -0.2) is 4.98 Å². The van der Waals surface area contributed by atoms with E-state index in [1.54, 1.807) is 18.1 Å². The molecule has 1 saturated heterocycles. The number of carbonyl (C=O) groups is 1. The van der Waals surface area contributed by atoms with E-state index in [4.69, 9.17) is 0 Å². The van der Waals surface area contributed by atoms with Crippen molar-refractivity contribution in [1.29, 1.82) is 0 Å². The third-order valence-electron chi connectivity index (χ3n) is 4.12. The number of anilines is 1. The van der Waals surface area contributed by atoms with Crippen molar-refractivity contribution in [1.82, 2.24) is 9.88 Å². The molecule has 23 heavy (non-hydrogen) atoms. The molecule has 2 aromatic rings. The molecule has 2 heterocycles. The second-order valence-electron chi connectivity index (χ2n) is 5.74. The summed E-state index contributed by atoms with van der Waals surface area (Å²) in [6.45, 7) is 3.49. The number of rotatable bonds is 4. The van der Waals surface area contributed by atoms with Gasteiger partial charge in [0.25, 0.3) is 0 Å². The van der Waals surface area contributed by atoms with Crippen molar-refractivity contribution in [2.45, 2.75) is 13.0 Å². The molecular formula is C17H21N3OS2. The topological polar surface area (TPSA) is 36.4 Å². The average Bonchev–Trinajstić information content (AvgIpc) is 3.10. The number of likely N-dealkylation sites (N-methyl/N-ethyl adjacent to an activating group) is 1. The Kier molecular flexibility index (Phi) is 5.35. The van der Waals surface area contributed by atoms with Crippen LogP contribution in [0.5, 0.6) is 0 Å². The van der Waals surface area contributed by atoms with Crippen molar-refractivity contribution in [2.24, 2.45) is 0 Å². The maximum absolute atomic E-state index is 12.6. The molecule has 0 N–H and O–H groups in total. The van der Waals surface area contributed by atoms with Gasteiger partial charge >= 0.3 is 0 Å². The van der Waals surface area contributed by atoms with Gasteiger partial charge in [-0.2, -0.15) is 11.8 Å². The fourth-order valence-electron chi connectivity index (χ4n) is 2.69. The Balaban J connectivity index is 1.71. The smallest absolute Gasteiger partial charge is 0.242 e. The SMILES string of the molecule is Cc1ccc([C@@H]2CSCCN2CC(=O)N(C)c2nccs2)cc1. The van der Waals surface area contributed by atoms with E-state index < -0.39 is 0 Å². The first-order valence-electron chi connectivity index (χ1n) is 7.69. The van der Waals surface area contributed by atoms with E-state index >= 15 is 0 Å². The predicted molar refractivity (Wildman–Crippen MR) is 98.3 cm³/mol. The first kappa shape index (κ1) is 16.5. The van der Waals surface area contributed by atoms with Crippen molar-refractivity contribution < 1.29 is 4.79 Å². The Morgan fingerprint density at radius 2 is 2.17 bits per heavy atom. The van der Waals surface area contributed by atoms with Crippen LogP contribution in [0.15, 0.2) is 35.8 Å². The van der Waals surface area contributed by atoms with Crippen molar-refractivity contribution in [3.05, 3.63) is 47.0 Å². The molecule has 1 fully saturated rings. The van der Waals surface area contributed by atoms with Gasteiger partial charge in [0.15, 0.2) is 5.13 Å². The van der Waals surface area contributed by atoms with Crippen LogP contribution in [-0.4, -0.2) is 47.4 Å². The summed E-state index contributed by atoms with van der Waals surface area (Å²) in [5.41, 5.74) is 2.57. The Bertz CT molecular complexity index is 642. The van der Waals surface area contributed by atoms with E-state index in [1.807, 2.05) is 17.1 Å². The van der Waals surface area contributed by atoms with Crippen LogP contribution in [0.25, 0.3) is 0 Å². The molecule has 1 aliphatic heterocycles. The molecular weight excluding hydrogens is 326 g/mol. The Morgan fingerprint density at radius 1 is 1.39 bits per heavy atom. The van der Waals surface area contributed by atoms with Gasteiger partial charge in [0.2, 0.25) is 5.91 Å². The third kappa shape index (κ3) is 3.94. The summed E-state index contributed by atoms with van der Waals surface area (Å²) in [6.07, 6.45) is 1.73. The summed E-state index contributed by atoms with van der Waals surface area (Å²) in [6, 6.07) is 8.98. The molecule has 0 spiro atoms. The second-order valence-corrected chi connectivity index (χ2v) is 7.76. The zero-order valence-electron chi connectivity index (χ0n) is 13.4. The molecule has 0 saturated carbocycles. The second kappa shape index (κ2) is 7.47. The molecule has 1 amide bonds. The van der Waals surface area contributed by atoms with E-state index in [2.05, 4.69) is 41.1 Å². The van der Waals surface area contributed by atoms with Gasteiger partial charge < -0.3 is 0 Å². The summed E-state index contributed by atoms with van der Waals surface area (Å²) in [5, 5.41) is 2.65. The minimum Gasteiger partial charge on any atom is -0.290 e. The van der Waals surface area contributed by atoms with Crippen LogP contribution in [-0.2, 0) is 4.79 Å². The Hall–Kier alpha value is -1.37. The van der Waals surface area contributed by atoms with E-state index in [0.717, 1.165) is 23.2 Å². The average molecular weight is 348 g/mol. The van der Waals surface area contributed by atoms with Crippen LogP contribution in [0.2, 0.25) is 0 Å². The highest BCUT2D eigenvalue weighted by Gasteiger charge is 2.27. The molecule has 1 aliphatic rings. The lowest BCUT2D eigenvalue weighted by atomic mass is 10.0. The monoisotopic (exact) mass is 347 g/mol. The van der Waals surface area contributed by atoms with Crippen LogP contribution in [0.3, 0.4) is 0 Å². The van der Waals surface area contributed by atoms with Crippen LogP contribution in [0.4, 0.5) is 5.13 Å². The lowest BCUT2D eigenvalue weighted by Crippen LogP contribution is -2.43. The quantitative estimate of drug-likeness (QED) is 0.851. The van der Waals surface area contributed by atoms with Gasteiger partial charge in [-0.05, 0) is 12.5 Å². The number of aromatic nitrogens is 1. The molecule has 3 rings (SSSR count). The lowest BCUT2D eigenvalue weighted by molar-refractivity contribution is -0.119. The van der Waals surface area contributed by atoms with Gasteiger partial charge in [-0.3, -0.25) is 14.6 Å². The van der Waals surface area contributed by atoms with Gasteiger partial charge in [-0.15, -0.1) is 11.3 Å². The van der Waals surface area contributed by atoms with Gasteiger partial charge in [0, 0.05) is 42.7 Å². The fraction of sp³-hybridized carbons (Fsp3) is 0.412. The zero-order chi connectivity index (χ0) is 16.2. The van der Waals surface area contributed by atoms with Gasteiger partial charge in [0.05, 0.1) is 6.54 Å². The third-order valence-corrected chi connectivity index (χ3v) is 5.99. The van der Waals surface area contributed by atoms with Crippen molar-refractivity contribution >= 4 is 34.1 Å². The Labute approximate surface area is 145 Å². The number of nitrogens with zero attached hydrogens (tertiary/aromatic N) is 3. The molecule has 122 valence electrons. The van der Waals surface area contributed by atoms with Crippen molar-refractivity contribution in [2.75, 3.05) is 36.5 Å². The van der Waals surface area contributed by atoms with Gasteiger partial charge in [-0.1, -0.05) is 29.8 Å². The number of thiazole rings is 1. The number of hydrogen-bond donors (Lipinski definition) is 0. The lowest BCUT2D eigenvalue weighted by Gasteiger charge is -2.35. The fourth-order valence-corrected chi connectivity index (χ4v) is 4.47. The highest BCUT2D eigenvalue weighted by Crippen LogP contribution is 2.30. The number of hydrogen-bond acceptors (Lipinski definition) is 5. The van der Waals surface area contributed by atoms with Crippen LogP contribution < -0.4 is 4.90 Å². The number of benzene rings is 1. The molecule has 0 radical (unpaired) electrons. The summed E-state index contributed by atoms with van der Waals surface area (Å²) in [5.74, 6) is 2.22. The zero-order valence-corrected chi connectivity index (χ0v) is 15.1. The Morgan fingerprint density at radius 3 is 2.87 bits per heavy atom. The van der Waals surface area contributed by atoms with Crippen molar-refractivity contribution in [3.63, 3.8) is 0 Å². The van der Waals surface area contributed by atoms with Crippen LogP contribution in [0.1, 0.15) is 17.2 Å². The largest absolute Gasteiger partial charge is 0.290 e. The van der Waals surface area contributed by atoms with E-state index in [-0.39, 0.29) is 5.91 Å². The molecule has 4 nitrogen and oxygen atoms in total. The number of thioether (sulfide) groups is 1. The number of amides is 1. The van der Waals surface area contributed by atoms with E-state index in [9.17, 15) is 4.79 Å². The van der Waals surface area contributed by atoms with Crippen LogP contribution in [0, 0.1) is 6.92 Å². The molecule has 0 unspecified atom stereocenters. The minimum atomic E-state index is 0.101.